The molecule has 186 valence electrons. The SMILES string of the molecule is CCOC(=O)c1c(NC(=O)[C@@H]2[C@@H](C(=O)O)[C@H]3CC[C@H]2C3=C(C)C)sc2c1CC[C@@H](C(C)(C)C)C2. The van der Waals surface area contributed by atoms with Gasteiger partial charge >= 0.3 is 11.9 Å². The summed E-state index contributed by atoms with van der Waals surface area (Å²) in [6.45, 7) is 12.8. The van der Waals surface area contributed by atoms with Gasteiger partial charge in [0.15, 0.2) is 0 Å². The Morgan fingerprint density at radius 3 is 2.29 bits per heavy atom. The minimum atomic E-state index is -0.907. The molecule has 0 aliphatic heterocycles. The highest BCUT2D eigenvalue weighted by molar-refractivity contribution is 7.17. The number of allylic oxidation sites excluding steroid dienone is 2. The van der Waals surface area contributed by atoms with Crippen molar-refractivity contribution in [1.82, 2.24) is 0 Å². The first-order chi connectivity index (χ1) is 16.0. The zero-order valence-electron chi connectivity index (χ0n) is 21.1. The number of anilines is 1. The molecule has 2 bridgehead atoms. The highest BCUT2D eigenvalue weighted by Crippen LogP contribution is 2.57. The number of carboxylic acids is 1. The highest BCUT2D eigenvalue weighted by Gasteiger charge is 2.57. The summed E-state index contributed by atoms with van der Waals surface area (Å²) in [5, 5.41) is 13.5. The van der Waals surface area contributed by atoms with Crippen molar-refractivity contribution in [1.29, 1.82) is 0 Å². The van der Waals surface area contributed by atoms with Gasteiger partial charge in [0.25, 0.3) is 0 Å². The maximum absolute atomic E-state index is 13.6. The van der Waals surface area contributed by atoms with Gasteiger partial charge in [-0.3, -0.25) is 9.59 Å². The second kappa shape index (κ2) is 9.14. The number of thiophene rings is 1. The van der Waals surface area contributed by atoms with Crippen molar-refractivity contribution in [3.63, 3.8) is 0 Å². The number of carboxylic acid groups (broad SMARTS) is 1. The topological polar surface area (TPSA) is 92.7 Å². The van der Waals surface area contributed by atoms with E-state index in [1.165, 1.54) is 11.3 Å². The summed E-state index contributed by atoms with van der Waals surface area (Å²) in [7, 11) is 0. The Kier molecular flexibility index (Phi) is 6.71. The van der Waals surface area contributed by atoms with Crippen LogP contribution in [-0.4, -0.2) is 29.6 Å². The van der Waals surface area contributed by atoms with E-state index < -0.39 is 23.8 Å². The maximum Gasteiger partial charge on any atom is 0.341 e. The largest absolute Gasteiger partial charge is 0.481 e. The lowest BCUT2D eigenvalue weighted by Gasteiger charge is -2.33. The summed E-state index contributed by atoms with van der Waals surface area (Å²) < 4.78 is 5.37. The van der Waals surface area contributed by atoms with Crippen LogP contribution >= 0.6 is 11.3 Å². The van der Waals surface area contributed by atoms with Crippen LogP contribution < -0.4 is 5.32 Å². The van der Waals surface area contributed by atoms with E-state index in [2.05, 4.69) is 26.1 Å². The molecule has 4 rings (SSSR count). The molecule has 6 nitrogen and oxygen atoms in total. The molecular weight excluding hydrogens is 450 g/mol. The quantitative estimate of drug-likeness (QED) is 0.410. The third-order valence-electron chi connectivity index (χ3n) is 8.21. The van der Waals surface area contributed by atoms with E-state index in [1.54, 1.807) is 6.92 Å². The number of carbonyl (C=O) groups excluding carboxylic acids is 2. The van der Waals surface area contributed by atoms with Crippen molar-refractivity contribution in [2.75, 3.05) is 11.9 Å². The molecule has 0 saturated heterocycles. The molecule has 0 spiro atoms. The van der Waals surface area contributed by atoms with Gasteiger partial charge in [0.1, 0.15) is 5.00 Å². The molecule has 2 N–H and O–H groups in total. The number of esters is 1. The van der Waals surface area contributed by atoms with Gasteiger partial charge in [0.05, 0.1) is 24.0 Å². The minimum absolute atomic E-state index is 0.0398. The predicted molar refractivity (Wildman–Crippen MR) is 133 cm³/mol. The highest BCUT2D eigenvalue weighted by atomic mass is 32.1. The van der Waals surface area contributed by atoms with Crippen LogP contribution in [0.3, 0.4) is 0 Å². The lowest BCUT2D eigenvalue weighted by atomic mass is 9.72. The third kappa shape index (κ3) is 4.21. The molecule has 3 aliphatic rings. The van der Waals surface area contributed by atoms with Crippen LogP contribution in [0.25, 0.3) is 0 Å². The number of rotatable bonds is 5. The number of amides is 1. The Morgan fingerprint density at radius 2 is 1.74 bits per heavy atom. The average Bonchev–Trinajstić information content (AvgIpc) is 3.41. The fraction of sp³-hybridized carbons (Fsp3) is 0.667. The van der Waals surface area contributed by atoms with Gasteiger partial charge in [-0.05, 0) is 81.6 Å². The molecule has 0 aromatic carbocycles. The number of hydrogen-bond acceptors (Lipinski definition) is 5. The van der Waals surface area contributed by atoms with Crippen molar-refractivity contribution in [2.24, 2.45) is 35.0 Å². The van der Waals surface area contributed by atoms with Crippen LogP contribution in [0, 0.1) is 35.0 Å². The summed E-state index contributed by atoms with van der Waals surface area (Å²) in [4.78, 5) is 39.9. The third-order valence-corrected chi connectivity index (χ3v) is 9.38. The fourth-order valence-corrected chi connectivity index (χ4v) is 7.95. The first kappa shape index (κ1) is 25.0. The molecule has 0 radical (unpaired) electrons. The normalized spacial score (nSPS) is 27.9. The Labute approximate surface area is 206 Å². The molecule has 2 fully saturated rings. The zero-order chi connectivity index (χ0) is 24.9. The molecule has 7 heteroatoms. The van der Waals surface area contributed by atoms with Crippen molar-refractivity contribution in [3.05, 3.63) is 27.2 Å². The minimum Gasteiger partial charge on any atom is -0.481 e. The van der Waals surface area contributed by atoms with Crippen molar-refractivity contribution in [3.8, 4) is 0 Å². The van der Waals surface area contributed by atoms with E-state index in [-0.39, 0.29) is 29.8 Å². The molecule has 0 unspecified atom stereocenters. The van der Waals surface area contributed by atoms with E-state index in [0.717, 1.165) is 53.7 Å². The fourth-order valence-electron chi connectivity index (χ4n) is 6.63. The van der Waals surface area contributed by atoms with E-state index >= 15 is 0 Å². The number of fused-ring (bicyclic) bond motifs is 3. The van der Waals surface area contributed by atoms with Gasteiger partial charge in [0.2, 0.25) is 5.91 Å². The first-order valence-corrected chi connectivity index (χ1v) is 13.3. The Morgan fingerprint density at radius 1 is 1.09 bits per heavy atom. The van der Waals surface area contributed by atoms with E-state index in [1.807, 2.05) is 13.8 Å². The molecule has 1 aromatic heterocycles. The number of hydrogen-bond donors (Lipinski definition) is 2. The molecule has 1 amide bonds. The standard InChI is InChI=1S/C27H37NO5S/c1-7-33-26(32)22-15-9-8-14(27(4,5)6)12-18(15)34-24(22)28-23(29)20-16-10-11-17(19(16)13(2)3)21(20)25(30)31/h14,16-17,20-21H,7-12H2,1-6H3,(H,28,29)(H,30,31)/t14-,16+,17+,20+,21+/m1/s1. The molecule has 5 atom stereocenters. The molecule has 1 aromatic rings. The van der Waals surface area contributed by atoms with Gasteiger partial charge < -0.3 is 15.2 Å². The predicted octanol–water partition coefficient (Wildman–Crippen LogP) is 5.71. The Hall–Kier alpha value is -2.15. The van der Waals surface area contributed by atoms with Crippen LogP contribution in [0.4, 0.5) is 5.00 Å². The summed E-state index contributed by atoms with van der Waals surface area (Å²) in [6.07, 6.45) is 4.31. The van der Waals surface area contributed by atoms with Gasteiger partial charge in [0, 0.05) is 4.88 Å². The van der Waals surface area contributed by atoms with Gasteiger partial charge in [-0.2, -0.15) is 0 Å². The van der Waals surface area contributed by atoms with Crippen LogP contribution in [0.2, 0.25) is 0 Å². The Balaban J connectivity index is 1.68. The number of carbonyl (C=O) groups is 3. The lowest BCUT2D eigenvalue weighted by Crippen LogP contribution is -2.38. The second-order valence-corrected chi connectivity index (χ2v) is 12.5. The summed E-state index contributed by atoms with van der Waals surface area (Å²) in [5.41, 5.74) is 3.90. The number of aliphatic carboxylic acids is 1. The maximum atomic E-state index is 13.6. The van der Waals surface area contributed by atoms with Gasteiger partial charge in [-0.1, -0.05) is 31.9 Å². The molecule has 34 heavy (non-hydrogen) atoms. The van der Waals surface area contributed by atoms with Crippen LogP contribution in [0.1, 0.15) is 81.6 Å². The molecule has 1 heterocycles. The van der Waals surface area contributed by atoms with E-state index in [0.29, 0.717) is 16.5 Å². The average molecular weight is 488 g/mol. The van der Waals surface area contributed by atoms with Crippen molar-refractivity contribution >= 4 is 34.2 Å². The van der Waals surface area contributed by atoms with E-state index in [4.69, 9.17) is 4.74 Å². The van der Waals surface area contributed by atoms with Gasteiger partial charge in [-0.25, -0.2) is 4.79 Å². The molecule has 2 saturated carbocycles. The van der Waals surface area contributed by atoms with Gasteiger partial charge in [-0.15, -0.1) is 11.3 Å². The summed E-state index contributed by atoms with van der Waals surface area (Å²) >= 11 is 1.47. The monoisotopic (exact) mass is 487 g/mol. The Bertz CT molecular complexity index is 1040. The second-order valence-electron chi connectivity index (χ2n) is 11.4. The van der Waals surface area contributed by atoms with Crippen LogP contribution in [0.5, 0.6) is 0 Å². The molecule has 3 aliphatic carbocycles. The van der Waals surface area contributed by atoms with Crippen LogP contribution in [-0.2, 0) is 27.2 Å². The summed E-state index contributed by atoms with van der Waals surface area (Å²) in [6, 6.07) is 0. The summed E-state index contributed by atoms with van der Waals surface area (Å²) in [5.74, 6) is -2.53. The van der Waals surface area contributed by atoms with Crippen LogP contribution in [0.15, 0.2) is 11.1 Å². The number of ether oxygens (including phenoxy) is 1. The first-order valence-electron chi connectivity index (χ1n) is 12.5. The molecular formula is C27H37NO5S. The van der Waals surface area contributed by atoms with Crippen molar-refractivity contribution < 1.29 is 24.2 Å². The van der Waals surface area contributed by atoms with E-state index in [9.17, 15) is 19.5 Å². The van der Waals surface area contributed by atoms with Crippen molar-refractivity contribution in [2.45, 2.75) is 73.6 Å². The smallest absolute Gasteiger partial charge is 0.341 e. The number of nitrogens with one attached hydrogen (secondary N) is 1. The zero-order valence-corrected chi connectivity index (χ0v) is 21.9. The lowest BCUT2D eigenvalue weighted by molar-refractivity contribution is -0.148.